The molecule has 0 saturated carbocycles. The van der Waals surface area contributed by atoms with Gasteiger partial charge in [0.15, 0.2) is 5.16 Å². The monoisotopic (exact) mass is 319 g/mol. The molecule has 3 aromatic heterocycles. The Kier molecular flexibility index (Phi) is 3.61. The Labute approximate surface area is 127 Å². The normalized spacial score (nSPS) is 12.4. The number of fused-ring (bicyclic) bond motifs is 1. The largest absolute Gasteiger partial charge is 0.301 e. The van der Waals surface area contributed by atoms with Gasteiger partial charge in [-0.25, -0.2) is 4.98 Å². The van der Waals surface area contributed by atoms with Crippen LogP contribution in [0.25, 0.3) is 20.7 Å². The average Bonchev–Trinajstić information content (AvgIpc) is 3.06. The molecule has 3 aromatic rings. The molecule has 20 heavy (non-hydrogen) atoms. The second-order valence-electron chi connectivity index (χ2n) is 4.07. The smallest absolute Gasteiger partial charge is 0.260 e. The van der Waals surface area contributed by atoms with Gasteiger partial charge in [0.2, 0.25) is 0 Å². The summed E-state index contributed by atoms with van der Waals surface area (Å²) in [5.74, 6) is 0. The van der Waals surface area contributed by atoms with Crippen molar-refractivity contribution in [3.63, 3.8) is 0 Å². The summed E-state index contributed by atoms with van der Waals surface area (Å²) < 4.78 is 0. The van der Waals surface area contributed by atoms with Gasteiger partial charge in [-0.3, -0.25) is 4.79 Å². The second-order valence-corrected chi connectivity index (χ2v) is 7.20. The summed E-state index contributed by atoms with van der Waals surface area (Å²) in [6.45, 7) is 1.78. The van der Waals surface area contributed by atoms with E-state index in [2.05, 4.69) is 16.0 Å². The Morgan fingerprint density at radius 2 is 2.35 bits per heavy atom. The fourth-order valence-electron chi connectivity index (χ4n) is 1.79. The summed E-state index contributed by atoms with van der Waals surface area (Å²) >= 11 is 4.32. The molecule has 0 aliphatic rings. The molecule has 0 aliphatic heterocycles. The van der Waals surface area contributed by atoms with Crippen molar-refractivity contribution in [3.05, 3.63) is 33.2 Å². The number of H-pyrrole nitrogens is 1. The van der Waals surface area contributed by atoms with Crippen molar-refractivity contribution in [1.82, 2.24) is 9.97 Å². The highest BCUT2D eigenvalue weighted by molar-refractivity contribution is 8.00. The maximum Gasteiger partial charge on any atom is 0.260 e. The van der Waals surface area contributed by atoms with E-state index in [0.717, 1.165) is 10.4 Å². The minimum Gasteiger partial charge on any atom is -0.301 e. The van der Waals surface area contributed by atoms with Crippen molar-refractivity contribution >= 4 is 44.7 Å². The molecule has 0 fully saturated rings. The third-order valence-electron chi connectivity index (χ3n) is 2.68. The van der Waals surface area contributed by atoms with Crippen molar-refractivity contribution in [1.29, 1.82) is 5.26 Å². The van der Waals surface area contributed by atoms with E-state index in [9.17, 15) is 4.79 Å². The number of aromatic nitrogens is 2. The number of hydrogen-bond acceptors (Lipinski definition) is 6. The zero-order chi connectivity index (χ0) is 14.1. The summed E-state index contributed by atoms with van der Waals surface area (Å²) in [6, 6.07) is 6.07. The first-order valence-corrected chi connectivity index (χ1v) is 8.44. The Morgan fingerprint density at radius 1 is 1.50 bits per heavy atom. The van der Waals surface area contributed by atoms with E-state index < -0.39 is 0 Å². The fraction of sp³-hybridized carbons (Fsp3) is 0.154. The van der Waals surface area contributed by atoms with Crippen molar-refractivity contribution in [2.75, 3.05) is 0 Å². The van der Waals surface area contributed by atoms with Gasteiger partial charge in [0, 0.05) is 15.8 Å². The number of thiophene rings is 2. The molecular weight excluding hydrogens is 310 g/mol. The predicted octanol–water partition coefficient (Wildman–Crippen LogP) is 3.72. The molecule has 0 bridgehead atoms. The maximum absolute atomic E-state index is 12.3. The van der Waals surface area contributed by atoms with E-state index in [-0.39, 0.29) is 10.8 Å². The van der Waals surface area contributed by atoms with Crippen molar-refractivity contribution in [3.8, 4) is 16.5 Å². The fourth-order valence-corrected chi connectivity index (χ4v) is 4.30. The topological polar surface area (TPSA) is 69.5 Å². The first-order valence-electron chi connectivity index (χ1n) is 5.80. The Morgan fingerprint density at radius 3 is 3.05 bits per heavy atom. The van der Waals surface area contributed by atoms with Crippen LogP contribution in [0.5, 0.6) is 0 Å². The summed E-state index contributed by atoms with van der Waals surface area (Å²) in [5, 5.41) is 13.6. The lowest BCUT2D eigenvalue weighted by atomic mass is 10.2. The molecule has 0 amide bonds. The van der Waals surface area contributed by atoms with Crippen LogP contribution in [0, 0.1) is 11.3 Å². The van der Waals surface area contributed by atoms with Gasteiger partial charge in [0.1, 0.15) is 4.83 Å². The van der Waals surface area contributed by atoms with Gasteiger partial charge in [-0.2, -0.15) is 5.26 Å². The molecule has 0 aromatic carbocycles. The molecule has 1 atom stereocenters. The molecule has 3 rings (SSSR count). The molecule has 0 aliphatic carbocycles. The first kappa shape index (κ1) is 13.4. The van der Waals surface area contributed by atoms with E-state index in [1.165, 1.54) is 23.1 Å². The van der Waals surface area contributed by atoms with E-state index in [4.69, 9.17) is 5.26 Å². The van der Waals surface area contributed by atoms with Gasteiger partial charge in [-0.1, -0.05) is 17.8 Å². The van der Waals surface area contributed by atoms with Crippen LogP contribution in [0.3, 0.4) is 0 Å². The van der Waals surface area contributed by atoms with Crippen LogP contribution in [-0.4, -0.2) is 15.2 Å². The van der Waals surface area contributed by atoms with Crippen LogP contribution in [-0.2, 0) is 0 Å². The molecule has 7 heteroatoms. The minimum absolute atomic E-state index is 0.146. The highest BCUT2D eigenvalue weighted by Crippen LogP contribution is 2.34. The molecular formula is C13H9N3OS3. The average molecular weight is 319 g/mol. The summed E-state index contributed by atoms with van der Waals surface area (Å²) in [6.07, 6.45) is 0. The first-order chi connectivity index (χ1) is 9.69. The van der Waals surface area contributed by atoms with Gasteiger partial charge in [0.05, 0.1) is 16.7 Å². The lowest BCUT2D eigenvalue weighted by molar-refractivity contribution is 0.975. The van der Waals surface area contributed by atoms with Crippen LogP contribution < -0.4 is 5.56 Å². The van der Waals surface area contributed by atoms with Crippen LogP contribution >= 0.6 is 34.4 Å². The van der Waals surface area contributed by atoms with Crippen molar-refractivity contribution < 1.29 is 0 Å². The van der Waals surface area contributed by atoms with Crippen LogP contribution in [0.4, 0.5) is 0 Å². The Hall–Kier alpha value is -1.62. The summed E-state index contributed by atoms with van der Waals surface area (Å²) in [5.41, 5.74) is 0.783. The SMILES string of the molecule is C[C@H](C#N)Sc1nc2scc(-c3cccs3)c2c(=O)[nH]1. The molecule has 100 valence electrons. The molecule has 1 N–H and O–H groups in total. The Balaban J connectivity index is 2.12. The number of hydrogen-bond donors (Lipinski definition) is 1. The highest BCUT2D eigenvalue weighted by Gasteiger charge is 2.14. The van der Waals surface area contributed by atoms with Crippen molar-refractivity contribution in [2.45, 2.75) is 17.3 Å². The number of nitrogens with zero attached hydrogens (tertiary/aromatic N) is 2. The van der Waals surface area contributed by atoms with Crippen LogP contribution in [0.15, 0.2) is 32.8 Å². The van der Waals surface area contributed by atoms with E-state index in [1.54, 1.807) is 18.3 Å². The van der Waals surface area contributed by atoms with Gasteiger partial charge < -0.3 is 4.98 Å². The standard InChI is InChI=1S/C13H9N3OS3/c1-7(5-14)20-13-15-11(17)10-8(6-19-12(10)16-13)9-3-2-4-18-9/h2-4,6-7H,1H3,(H,15,16,17)/t7-/m1/s1. The second kappa shape index (κ2) is 5.40. The maximum atomic E-state index is 12.3. The third-order valence-corrected chi connectivity index (χ3v) is 5.33. The number of rotatable bonds is 3. The predicted molar refractivity (Wildman–Crippen MR) is 84.5 cm³/mol. The lowest BCUT2D eigenvalue weighted by Gasteiger charge is -2.01. The van der Waals surface area contributed by atoms with Gasteiger partial charge in [-0.05, 0) is 18.4 Å². The molecule has 4 nitrogen and oxygen atoms in total. The van der Waals surface area contributed by atoms with Gasteiger partial charge >= 0.3 is 0 Å². The highest BCUT2D eigenvalue weighted by atomic mass is 32.2. The minimum atomic E-state index is -0.243. The zero-order valence-corrected chi connectivity index (χ0v) is 12.9. The van der Waals surface area contributed by atoms with Gasteiger partial charge in [-0.15, -0.1) is 22.7 Å². The van der Waals surface area contributed by atoms with Crippen LogP contribution in [0.1, 0.15) is 6.92 Å². The van der Waals surface area contributed by atoms with E-state index >= 15 is 0 Å². The number of nitriles is 1. The molecule has 0 saturated heterocycles. The van der Waals surface area contributed by atoms with Crippen LogP contribution in [0.2, 0.25) is 0 Å². The van der Waals surface area contributed by atoms with E-state index in [1.807, 2.05) is 22.9 Å². The van der Waals surface area contributed by atoms with Gasteiger partial charge in [0.25, 0.3) is 5.56 Å². The third kappa shape index (κ3) is 2.38. The van der Waals surface area contributed by atoms with E-state index in [0.29, 0.717) is 15.4 Å². The lowest BCUT2D eigenvalue weighted by Crippen LogP contribution is -2.09. The Bertz CT molecular complexity index is 842. The molecule has 0 spiro atoms. The quantitative estimate of drug-likeness (QED) is 0.590. The number of thioether (sulfide) groups is 1. The molecule has 3 heterocycles. The summed E-state index contributed by atoms with van der Waals surface area (Å²) in [7, 11) is 0. The molecule has 0 unspecified atom stereocenters. The van der Waals surface area contributed by atoms with Crippen molar-refractivity contribution in [2.24, 2.45) is 0 Å². The zero-order valence-electron chi connectivity index (χ0n) is 10.4. The number of nitrogens with one attached hydrogen (secondary N) is 1. The molecule has 0 radical (unpaired) electrons. The summed E-state index contributed by atoms with van der Waals surface area (Å²) in [4.78, 5) is 21.2. The number of aromatic amines is 1.